The normalized spacial score (nSPS) is 45.5. The largest absolute Gasteiger partial charge is 0.394 e. The number of hydrogen-bond acceptors (Lipinski definition) is 12. The molecule has 2 aliphatic rings. The van der Waals surface area contributed by atoms with Gasteiger partial charge in [0.15, 0.2) is 5.78 Å². The third kappa shape index (κ3) is 4.20. The second-order valence-electron chi connectivity index (χ2n) is 7.31. The number of carbonyl (C=O) groups is 1. The van der Waals surface area contributed by atoms with Gasteiger partial charge in [0.25, 0.3) is 5.79 Å². The predicted molar refractivity (Wildman–Crippen MR) is 92.1 cm³/mol. The van der Waals surface area contributed by atoms with Crippen molar-refractivity contribution in [1.29, 1.82) is 0 Å². The summed E-state index contributed by atoms with van der Waals surface area (Å²) >= 11 is 0. The Labute approximate surface area is 166 Å². The van der Waals surface area contributed by atoms with E-state index in [9.17, 15) is 45.6 Å². The highest BCUT2D eigenvalue weighted by molar-refractivity contribution is 5.87. The van der Waals surface area contributed by atoms with Gasteiger partial charge in [-0.1, -0.05) is 13.3 Å². The molecule has 2 fully saturated rings. The van der Waals surface area contributed by atoms with Gasteiger partial charge in [-0.2, -0.15) is 0 Å². The van der Waals surface area contributed by atoms with Crippen molar-refractivity contribution in [3.8, 4) is 0 Å². The molecule has 9 atom stereocenters. The molecule has 0 aromatic rings. The van der Waals surface area contributed by atoms with Gasteiger partial charge in [-0.05, 0) is 6.42 Å². The fourth-order valence-corrected chi connectivity index (χ4v) is 3.53. The van der Waals surface area contributed by atoms with Crippen LogP contribution in [0.2, 0.25) is 0 Å². The van der Waals surface area contributed by atoms with Crippen LogP contribution in [0.15, 0.2) is 0 Å². The van der Waals surface area contributed by atoms with E-state index >= 15 is 0 Å². The Kier molecular flexibility index (Phi) is 8.09. The average Bonchev–Trinajstić information content (AvgIpc) is 2.97. The van der Waals surface area contributed by atoms with E-state index < -0.39 is 79.9 Å². The molecule has 0 bridgehead atoms. The molecule has 2 saturated heterocycles. The number of rotatable bonds is 9. The minimum Gasteiger partial charge on any atom is -0.394 e. The number of Topliss-reactive ketones (excluding diaryl/α,β-unsaturated/α-hetero) is 1. The maximum atomic E-state index is 13.0. The number of ketones is 1. The van der Waals surface area contributed by atoms with E-state index in [2.05, 4.69) is 0 Å². The first kappa shape index (κ1) is 24.5. The van der Waals surface area contributed by atoms with Gasteiger partial charge in [0.1, 0.15) is 49.3 Å². The lowest BCUT2D eigenvalue weighted by Crippen LogP contribution is -2.72. The average molecular weight is 426 g/mol. The summed E-state index contributed by atoms with van der Waals surface area (Å²) in [7, 11) is 0. The van der Waals surface area contributed by atoms with Crippen LogP contribution in [-0.4, -0.2) is 121 Å². The highest BCUT2D eigenvalue weighted by atomic mass is 16.8. The summed E-state index contributed by atoms with van der Waals surface area (Å²) in [6.45, 7) is -0.947. The van der Waals surface area contributed by atoms with Gasteiger partial charge in [-0.3, -0.25) is 4.79 Å². The van der Waals surface area contributed by atoms with Crippen molar-refractivity contribution in [2.45, 2.75) is 80.5 Å². The van der Waals surface area contributed by atoms with Crippen LogP contribution in [0.3, 0.4) is 0 Å². The molecule has 0 amide bonds. The van der Waals surface area contributed by atoms with E-state index in [0.717, 1.165) is 0 Å². The minimum absolute atomic E-state index is 0.210. The fraction of sp³-hybridized carbons (Fsp3) is 0.941. The van der Waals surface area contributed by atoms with Gasteiger partial charge in [-0.15, -0.1) is 0 Å². The standard InChI is InChI=1S/C17H30O12/c1-2-3-4-10(21)17(15(26)13(24)11(22)8(5-18)28-17)29-16(7-20)14(25)12(23)9(6-19)27-16/h8-9,11-15,18-20,22-26H,2-7H2,1H3/t8-,9-,11-,12-,13+,14+,15-,16?,17+/m1/s1. The van der Waals surface area contributed by atoms with E-state index in [1.54, 1.807) is 6.92 Å². The Balaban J connectivity index is 2.49. The Hall–Kier alpha value is -0.770. The summed E-state index contributed by atoms with van der Waals surface area (Å²) < 4.78 is 16.2. The summed E-state index contributed by atoms with van der Waals surface area (Å²) in [5.74, 6) is -6.14. The van der Waals surface area contributed by atoms with Crippen LogP contribution in [0.1, 0.15) is 26.2 Å². The van der Waals surface area contributed by atoms with Gasteiger partial charge in [-0.25, -0.2) is 0 Å². The number of hydrogen-bond donors (Lipinski definition) is 8. The van der Waals surface area contributed by atoms with Gasteiger partial charge in [0.05, 0.1) is 13.2 Å². The zero-order valence-electron chi connectivity index (χ0n) is 16.0. The summed E-state index contributed by atoms with van der Waals surface area (Å²) in [6.07, 6.45) is -11.8. The minimum atomic E-state index is -2.74. The first-order valence-electron chi connectivity index (χ1n) is 9.46. The van der Waals surface area contributed by atoms with Crippen molar-refractivity contribution in [2.24, 2.45) is 0 Å². The van der Waals surface area contributed by atoms with E-state index in [4.69, 9.17) is 14.2 Å². The Morgan fingerprint density at radius 3 is 1.97 bits per heavy atom. The second-order valence-corrected chi connectivity index (χ2v) is 7.31. The van der Waals surface area contributed by atoms with Gasteiger partial charge in [0, 0.05) is 6.42 Å². The number of aliphatic hydroxyl groups excluding tert-OH is 8. The van der Waals surface area contributed by atoms with Gasteiger partial charge < -0.3 is 55.1 Å². The van der Waals surface area contributed by atoms with Crippen LogP contribution in [0.5, 0.6) is 0 Å². The van der Waals surface area contributed by atoms with E-state index in [1.165, 1.54) is 0 Å². The molecule has 2 aliphatic heterocycles. The van der Waals surface area contributed by atoms with Crippen LogP contribution >= 0.6 is 0 Å². The zero-order chi connectivity index (χ0) is 22.0. The van der Waals surface area contributed by atoms with Crippen molar-refractivity contribution in [2.75, 3.05) is 19.8 Å². The molecule has 2 rings (SSSR count). The maximum absolute atomic E-state index is 13.0. The molecule has 2 heterocycles. The molecule has 8 N–H and O–H groups in total. The number of carbonyl (C=O) groups excluding carboxylic acids is 1. The fourth-order valence-electron chi connectivity index (χ4n) is 3.53. The molecule has 0 saturated carbocycles. The summed E-state index contributed by atoms with van der Waals surface area (Å²) in [5, 5.41) is 79.8. The van der Waals surface area contributed by atoms with Crippen molar-refractivity contribution in [3.05, 3.63) is 0 Å². The number of unbranched alkanes of at least 4 members (excludes halogenated alkanes) is 1. The molecule has 0 aromatic heterocycles. The lowest BCUT2D eigenvalue weighted by atomic mass is 9.88. The molecule has 0 aromatic carbocycles. The summed E-state index contributed by atoms with van der Waals surface area (Å²) in [6, 6.07) is 0. The smallest absolute Gasteiger partial charge is 0.261 e. The van der Waals surface area contributed by atoms with Crippen molar-refractivity contribution in [3.63, 3.8) is 0 Å². The number of aliphatic hydroxyl groups is 8. The van der Waals surface area contributed by atoms with Crippen molar-refractivity contribution >= 4 is 5.78 Å². The molecule has 170 valence electrons. The Morgan fingerprint density at radius 1 is 0.897 bits per heavy atom. The lowest BCUT2D eigenvalue weighted by Gasteiger charge is -2.50. The van der Waals surface area contributed by atoms with Gasteiger partial charge >= 0.3 is 0 Å². The Morgan fingerprint density at radius 2 is 1.48 bits per heavy atom. The predicted octanol–water partition coefficient (Wildman–Crippen LogP) is -4.27. The topological polar surface area (TPSA) is 207 Å². The van der Waals surface area contributed by atoms with E-state index in [0.29, 0.717) is 12.8 Å². The molecule has 1 unspecified atom stereocenters. The summed E-state index contributed by atoms with van der Waals surface area (Å²) in [5.41, 5.74) is 0. The third-order valence-electron chi connectivity index (χ3n) is 5.33. The van der Waals surface area contributed by atoms with Crippen molar-refractivity contribution in [1.82, 2.24) is 0 Å². The number of ether oxygens (including phenoxy) is 3. The first-order valence-corrected chi connectivity index (χ1v) is 9.46. The monoisotopic (exact) mass is 426 g/mol. The highest BCUT2D eigenvalue weighted by Crippen LogP contribution is 2.41. The van der Waals surface area contributed by atoms with Crippen LogP contribution in [-0.2, 0) is 19.0 Å². The molecule has 12 heteroatoms. The van der Waals surface area contributed by atoms with Crippen LogP contribution in [0, 0.1) is 0 Å². The zero-order valence-corrected chi connectivity index (χ0v) is 16.0. The molecule has 0 spiro atoms. The summed E-state index contributed by atoms with van der Waals surface area (Å²) in [4.78, 5) is 13.0. The van der Waals surface area contributed by atoms with Crippen LogP contribution in [0.4, 0.5) is 0 Å². The lowest BCUT2D eigenvalue weighted by molar-refractivity contribution is -0.416. The van der Waals surface area contributed by atoms with Gasteiger partial charge in [0.2, 0.25) is 5.79 Å². The van der Waals surface area contributed by atoms with E-state index in [1.807, 2.05) is 0 Å². The van der Waals surface area contributed by atoms with Crippen LogP contribution < -0.4 is 0 Å². The third-order valence-corrected chi connectivity index (χ3v) is 5.33. The first-order chi connectivity index (χ1) is 13.6. The molecule has 29 heavy (non-hydrogen) atoms. The highest BCUT2D eigenvalue weighted by Gasteiger charge is 2.65. The quantitative estimate of drug-likeness (QED) is 0.176. The SMILES string of the molecule is CCCCC(=O)[C@@]1(OC2(CO)O[C@H](CO)[C@@H](O)[C@@H]2O)O[C@H](CO)[C@@H](O)[C@H](O)[C@H]1O. The second kappa shape index (κ2) is 9.58. The Bertz CT molecular complexity index is 559. The maximum Gasteiger partial charge on any atom is 0.261 e. The molecule has 12 nitrogen and oxygen atoms in total. The molecular weight excluding hydrogens is 396 g/mol. The van der Waals surface area contributed by atoms with E-state index in [-0.39, 0.29) is 6.42 Å². The van der Waals surface area contributed by atoms with Crippen molar-refractivity contribution < 1.29 is 59.9 Å². The molecular formula is C17H30O12. The van der Waals surface area contributed by atoms with Crippen LogP contribution in [0.25, 0.3) is 0 Å². The molecule has 0 aliphatic carbocycles. The molecule has 0 radical (unpaired) electrons.